The molecule has 1 amide bonds. The normalized spacial score (nSPS) is 22.1. The fraction of sp³-hybridized carbons (Fsp3) is 0.462. The number of nitrogens with zero attached hydrogens (tertiary/aromatic N) is 1. The zero-order valence-corrected chi connectivity index (χ0v) is 11.3. The maximum Gasteiger partial charge on any atom is 0.260 e. The lowest BCUT2D eigenvalue weighted by atomic mass is 10.2. The number of benzene rings is 1. The Kier molecular flexibility index (Phi) is 4.77. The molecule has 1 fully saturated rings. The number of rotatable bonds is 4. The van der Waals surface area contributed by atoms with Crippen LogP contribution in [0.25, 0.3) is 0 Å². The number of aliphatic hydroxyl groups is 1. The van der Waals surface area contributed by atoms with E-state index in [9.17, 15) is 13.6 Å². The van der Waals surface area contributed by atoms with Crippen LogP contribution >= 0.6 is 11.6 Å². The second-order valence-corrected chi connectivity index (χ2v) is 4.99. The molecule has 1 aliphatic heterocycles. The summed E-state index contributed by atoms with van der Waals surface area (Å²) >= 11 is 5.76. The minimum absolute atomic E-state index is 0.0510. The van der Waals surface area contributed by atoms with Crippen LogP contribution in [0, 0.1) is 5.82 Å². The van der Waals surface area contributed by atoms with Crippen LogP contribution in [0.15, 0.2) is 18.2 Å². The van der Waals surface area contributed by atoms with Crippen molar-refractivity contribution in [2.75, 3.05) is 19.8 Å². The van der Waals surface area contributed by atoms with Crippen LogP contribution in [0.1, 0.15) is 6.42 Å². The lowest BCUT2D eigenvalue weighted by Gasteiger charge is -2.22. The molecule has 1 aromatic rings. The third-order valence-corrected chi connectivity index (χ3v) is 3.43. The van der Waals surface area contributed by atoms with Crippen LogP contribution in [0.3, 0.4) is 0 Å². The molecule has 7 heteroatoms. The van der Waals surface area contributed by atoms with E-state index in [1.54, 1.807) is 0 Å². The quantitative estimate of drug-likeness (QED) is 0.922. The summed E-state index contributed by atoms with van der Waals surface area (Å²) < 4.78 is 31.3. The van der Waals surface area contributed by atoms with E-state index in [2.05, 4.69) is 0 Å². The Morgan fingerprint density at radius 3 is 2.95 bits per heavy atom. The van der Waals surface area contributed by atoms with E-state index in [-0.39, 0.29) is 37.0 Å². The summed E-state index contributed by atoms with van der Waals surface area (Å²) in [7, 11) is 0. The van der Waals surface area contributed by atoms with Crippen molar-refractivity contribution in [3.63, 3.8) is 0 Å². The van der Waals surface area contributed by atoms with Gasteiger partial charge in [0.1, 0.15) is 17.7 Å². The Bertz CT molecular complexity index is 501. The number of aliphatic hydroxyl groups excluding tert-OH is 1. The van der Waals surface area contributed by atoms with Gasteiger partial charge in [0.05, 0.1) is 24.2 Å². The zero-order valence-electron chi connectivity index (χ0n) is 10.6. The van der Waals surface area contributed by atoms with Crippen molar-refractivity contribution in [1.82, 2.24) is 4.90 Å². The van der Waals surface area contributed by atoms with Crippen molar-refractivity contribution in [1.29, 1.82) is 0 Å². The summed E-state index contributed by atoms with van der Waals surface area (Å²) in [6.07, 6.45) is -1.01. The van der Waals surface area contributed by atoms with Crippen LogP contribution in [0.2, 0.25) is 5.02 Å². The molecule has 0 bridgehead atoms. The van der Waals surface area contributed by atoms with Crippen LogP contribution in [-0.4, -0.2) is 47.9 Å². The minimum atomic E-state index is -1.13. The standard InChI is InChI=1S/C13H14ClF2NO3/c14-11-4-8(15)1-2-12(11)20-7-13(19)17-5-9(16)3-10(17)6-18/h1-2,4,9-10,18H,3,5-7H2/t9-,10-/m0/s1. The highest BCUT2D eigenvalue weighted by molar-refractivity contribution is 6.32. The summed E-state index contributed by atoms with van der Waals surface area (Å²) in [6, 6.07) is 3.03. The van der Waals surface area contributed by atoms with E-state index in [0.29, 0.717) is 0 Å². The number of halogens is 3. The van der Waals surface area contributed by atoms with Gasteiger partial charge in [-0.1, -0.05) is 11.6 Å². The number of carbonyl (C=O) groups excluding carboxylic acids is 1. The molecule has 0 spiro atoms. The van der Waals surface area contributed by atoms with Crippen molar-refractivity contribution in [3.8, 4) is 5.75 Å². The molecule has 0 radical (unpaired) electrons. The van der Waals surface area contributed by atoms with Gasteiger partial charge in [-0.2, -0.15) is 0 Å². The summed E-state index contributed by atoms with van der Waals surface area (Å²) in [5.74, 6) is -0.767. The van der Waals surface area contributed by atoms with E-state index >= 15 is 0 Å². The summed E-state index contributed by atoms with van der Waals surface area (Å²) in [6.45, 7) is -0.678. The summed E-state index contributed by atoms with van der Waals surface area (Å²) in [5.41, 5.74) is 0. The molecule has 0 unspecified atom stereocenters. The maximum atomic E-state index is 13.2. The Morgan fingerprint density at radius 1 is 1.55 bits per heavy atom. The van der Waals surface area contributed by atoms with Crippen LogP contribution in [0.5, 0.6) is 5.75 Å². The third kappa shape index (κ3) is 3.37. The van der Waals surface area contributed by atoms with Crippen molar-refractivity contribution >= 4 is 17.5 Å². The Hall–Kier alpha value is -1.40. The van der Waals surface area contributed by atoms with Gasteiger partial charge in [-0.3, -0.25) is 4.79 Å². The van der Waals surface area contributed by atoms with Crippen molar-refractivity contribution in [2.45, 2.75) is 18.6 Å². The monoisotopic (exact) mass is 305 g/mol. The lowest BCUT2D eigenvalue weighted by Crippen LogP contribution is -2.40. The molecule has 1 saturated heterocycles. The first-order valence-corrected chi connectivity index (χ1v) is 6.51. The number of carbonyl (C=O) groups is 1. The second-order valence-electron chi connectivity index (χ2n) is 4.58. The molecule has 0 aliphatic carbocycles. The van der Waals surface area contributed by atoms with Crippen molar-refractivity contribution < 1.29 is 23.4 Å². The predicted octanol–water partition coefficient (Wildman–Crippen LogP) is 1.79. The Balaban J connectivity index is 1.95. The molecular weight excluding hydrogens is 292 g/mol. The highest BCUT2D eigenvalue weighted by Gasteiger charge is 2.34. The maximum absolute atomic E-state index is 13.2. The molecule has 1 aromatic carbocycles. The average Bonchev–Trinajstić information content (AvgIpc) is 2.78. The number of hydrogen-bond donors (Lipinski definition) is 1. The SMILES string of the molecule is O=C(COc1ccc(F)cc1Cl)N1C[C@@H](F)C[C@H]1CO. The summed E-state index contributed by atoms with van der Waals surface area (Å²) in [4.78, 5) is 13.2. The van der Waals surface area contributed by atoms with Crippen molar-refractivity contribution in [3.05, 3.63) is 29.0 Å². The minimum Gasteiger partial charge on any atom is -0.482 e. The smallest absolute Gasteiger partial charge is 0.260 e. The number of likely N-dealkylation sites (tertiary alicyclic amines) is 1. The van der Waals surface area contributed by atoms with Crippen LogP contribution < -0.4 is 4.74 Å². The van der Waals surface area contributed by atoms with Crippen LogP contribution in [0.4, 0.5) is 8.78 Å². The highest BCUT2D eigenvalue weighted by Crippen LogP contribution is 2.25. The molecule has 1 N–H and O–H groups in total. The van der Waals surface area contributed by atoms with E-state index in [1.165, 1.54) is 11.0 Å². The number of amides is 1. The Morgan fingerprint density at radius 2 is 2.30 bits per heavy atom. The van der Waals surface area contributed by atoms with E-state index in [4.69, 9.17) is 21.4 Å². The van der Waals surface area contributed by atoms with Gasteiger partial charge in [0.2, 0.25) is 0 Å². The number of alkyl halides is 1. The van der Waals surface area contributed by atoms with Gasteiger partial charge in [-0.15, -0.1) is 0 Å². The lowest BCUT2D eigenvalue weighted by molar-refractivity contribution is -0.135. The van der Waals surface area contributed by atoms with Gasteiger partial charge < -0.3 is 14.7 Å². The first-order chi connectivity index (χ1) is 9.51. The van der Waals surface area contributed by atoms with Gasteiger partial charge in [0, 0.05) is 6.42 Å². The van der Waals surface area contributed by atoms with Crippen molar-refractivity contribution in [2.24, 2.45) is 0 Å². The van der Waals surface area contributed by atoms with Gasteiger partial charge in [0.15, 0.2) is 6.61 Å². The first-order valence-electron chi connectivity index (χ1n) is 6.13. The largest absolute Gasteiger partial charge is 0.482 e. The van der Waals surface area contributed by atoms with Gasteiger partial charge in [0.25, 0.3) is 5.91 Å². The predicted molar refractivity (Wildman–Crippen MR) is 69.0 cm³/mol. The summed E-state index contributed by atoms with van der Waals surface area (Å²) in [5, 5.41) is 9.16. The molecule has 0 aromatic heterocycles. The first kappa shape index (κ1) is 15.0. The van der Waals surface area contributed by atoms with Gasteiger partial charge >= 0.3 is 0 Å². The molecule has 110 valence electrons. The van der Waals surface area contributed by atoms with E-state index < -0.39 is 23.9 Å². The molecule has 2 rings (SSSR count). The molecule has 1 heterocycles. The molecule has 20 heavy (non-hydrogen) atoms. The van der Waals surface area contributed by atoms with Gasteiger partial charge in [-0.05, 0) is 18.2 Å². The zero-order chi connectivity index (χ0) is 14.7. The average molecular weight is 306 g/mol. The molecule has 4 nitrogen and oxygen atoms in total. The van der Waals surface area contributed by atoms with E-state index in [1.807, 2.05) is 0 Å². The second kappa shape index (κ2) is 6.37. The topological polar surface area (TPSA) is 49.8 Å². The fourth-order valence-electron chi connectivity index (χ4n) is 2.15. The van der Waals surface area contributed by atoms with E-state index in [0.717, 1.165) is 12.1 Å². The highest BCUT2D eigenvalue weighted by atomic mass is 35.5. The number of hydrogen-bond acceptors (Lipinski definition) is 3. The molecular formula is C13H14ClF2NO3. The molecule has 0 saturated carbocycles. The fourth-order valence-corrected chi connectivity index (χ4v) is 2.37. The molecule has 2 atom stereocenters. The number of ether oxygens (including phenoxy) is 1. The van der Waals surface area contributed by atoms with Gasteiger partial charge in [-0.25, -0.2) is 8.78 Å². The molecule has 1 aliphatic rings. The van der Waals surface area contributed by atoms with Crippen LogP contribution in [-0.2, 0) is 4.79 Å². The third-order valence-electron chi connectivity index (χ3n) is 3.14. The Labute approximate surface area is 119 Å².